The van der Waals surface area contributed by atoms with Crippen LogP contribution in [-0.2, 0) is 4.74 Å². The monoisotopic (exact) mass is 214 g/mol. The first-order valence-electron chi connectivity index (χ1n) is 6.10. The molecule has 15 heavy (non-hydrogen) atoms. The fourth-order valence-electron chi connectivity index (χ4n) is 2.63. The number of methoxy groups -OCH3 is 1. The lowest BCUT2D eigenvalue weighted by Crippen LogP contribution is -2.43. The summed E-state index contributed by atoms with van der Waals surface area (Å²) in [6, 6.07) is 0. The highest BCUT2D eigenvalue weighted by atomic mass is 16.5. The Bertz CT molecular complexity index is 167. The molecule has 0 heterocycles. The zero-order valence-corrected chi connectivity index (χ0v) is 10.3. The molecule has 1 rings (SSSR count). The van der Waals surface area contributed by atoms with E-state index in [0.29, 0.717) is 5.41 Å². The molecule has 0 bridgehead atoms. The second-order valence-corrected chi connectivity index (χ2v) is 5.00. The summed E-state index contributed by atoms with van der Waals surface area (Å²) in [7, 11) is 3.93. The maximum Gasteiger partial charge on any atom is 0.0589 e. The van der Waals surface area contributed by atoms with E-state index in [0.717, 1.165) is 26.2 Å². The van der Waals surface area contributed by atoms with Crippen LogP contribution in [-0.4, -0.2) is 45.3 Å². The van der Waals surface area contributed by atoms with Gasteiger partial charge in [0, 0.05) is 20.2 Å². The topological polar surface area (TPSA) is 38.5 Å². The highest BCUT2D eigenvalue weighted by Crippen LogP contribution is 2.35. The zero-order valence-electron chi connectivity index (χ0n) is 10.3. The summed E-state index contributed by atoms with van der Waals surface area (Å²) in [5, 5.41) is 0. The number of likely N-dealkylation sites (N-methyl/N-ethyl adjacent to an activating group) is 1. The first kappa shape index (κ1) is 12.9. The third-order valence-electron chi connectivity index (χ3n) is 3.63. The van der Waals surface area contributed by atoms with Crippen LogP contribution in [0.3, 0.4) is 0 Å². The Labute approximate surface area is 94.0 Å². The normalized spacial score (nSPS) is 20.8. The Hall–Kier alpha value is -0.120. The molecule has 90 valence electrons. The molecule has 0 aromatic carbocycles. The molecule has 1 fully saturated rings. The van der Waals surface area contributed by atoms with Gasteiger partial charge < -0.3 is 15.4 Å². The second kappa shape index (κ2) is 6.46. The number of hydrogen-bond acceptors (Lipinski definition) is 3. The van der Waals surface area contributed by atoms with Crippen LogP contribution in [0.2, 0.25) is 0 Å². The van der Waals surface area contributed by atoms with Crippen molar-refractivity contribution >= 4 is 0 Å². The maximum absolute atomic E-state index is 5.96. The zero-order chi connectivity index (χ0) is 11.1. The molecule has 0 aromatic heterocycles. The number of hydrogen-bond donors (Lipinski definition) is 1. The fourth-order valence-corrected chi connectivity index (χ4v) is 2.63. The predicted molar refractivity (Wildman–Crippen MR) is 63.9 cm³/mol. The largest absolute Gasteiger partial charge is 0.383 e. The van der Waals surface area contributed by atoms with Crippen LogP contribution >= 0.6 is 0 Å². The Balaban J connectivity index is 2.37. The van der Waals surface area contributed by atoms with E-state index in [2.05, 4.69) is 11.9 Å². The molecule has 1 aliphatic carbocycles. The molecule has 3 nitrogen and oxygen atoms in total. The molecule has 3 heteroatoms. The van der Waals surface area contributed by atoms with Crippen LogP contribution in [0.5, 0.6) is 0 Å². The Morgan fingerprint density at radius 1 is 1.27 bits per heavy atom. The van der Waals surface area contributed by atoms with Crippen molar-refractivity contribution < 1.29 is 4.74 Å². The Morgan fingerprint density at radius 2 is 1.93 bits per heavy atom. The molecule has 0 aliphatic heterocycles. The summed E-state index contributed by atoms with van der Waals surface area (Å²) >= 11 is 0. The lowest BCUT2D eigenvalue weighted by molar-refractivity contribution is 0.101. The number of nitrogens with two attached hydrogens (primary N) is 1. The van der Waals surface area contributed by atoms with Gasteiger partial charge in [-0.05, 0) is 31.8 Å². The van der Waals surface area contributed by atoms with Crippen molar-refractivity contribution in [3.8, 4) is 0 Å². The van der Waals surface area contributed by atoms with Crippen LogP contribution in [0.25, 0.3) is 0 Å². The van der Waals surface area contributed by atoms with E-state index in [9.17, 15) is 0 Å². The highest BCUT2D eigenvalue weighted by Gasteiger charge is 2.31. The minimum atomic E-state index is 0.390. The predicted octanol–water partition coefficient (Wildman–Crippen LogP) is 1.47. The van der Waals surface area contributed by atoms with Gasteiger partial charge in [0.2, 0.25) is 0 Å². The third kappa shape index (κ3) is 4.09. The molecular weight excluding hydrogens is 188 g/mol. The van der Waals surface area contributed by atoms with E-state index in [4.69, 9.17) is 10.5 Å². The quantitative estimate of drug-likeness (QED) is 0.728. The molecule has 0 atom stereocenters. The molecule has 0 unspecified atom stereocenters. The minimum Gasteiger partial charge on any atom is -0.383 e. The molecule has 0 saturated heterocycles. The summed E-state index contributed by atoms with van der Waals surface area (Å²) in [5.74, 6) is 0. The number of rotatable bonds is 6. The summed E-state index contributed by atoms with van der Waals surface area (Å²) in [4.78, 5) is 2.36. The van der Waals surface area contributed by atoms with Crippen molar-refractivity contribution in [1.29, 1.82) is 0 Å². The van der Waals surface area contributed by atoms with Gasteiger partial charge in [0.1, 0.15) is 0 Å². The smallest absolute Gasteiger partial charge is 0.0589 e. The number of nitrogens with zero attached hydrogens (tertiary/aromatic N) is 1. The van der Waals surface area contributed by atoms with Gasteiger partial charge in [-0.3, -0.25) is 0 Å². The average Bonchev–Trinajstić information content (AvgIpc) is 2.27. The van der Waals surface area contributed by atoms with Gasteiger partial charge in [-0.1, -0.05) is 19.3 Å². The van der Waals surface area contributed by atoms with Crippen LogP contribution in [0.15, 0.2) is 0 Å². The molecule has 0 aromatic rings. The summed E-state index contributed by atoms with van der Waals surface area (Å²) in [6.45, 7) is 3.80. The minimum absolute atomic E-state index is 0.390. The van der Waals surface area contributed by atoms with Crippen LogP contribution < -0.4 is 5.73 Å². The Kier molecular flexibility index (Phi) is 5.58. The van der Waals surface area contributed by atoms with Gasteiger partial charge in [0.15, 0.2) is 0 Å². The van der Waals surface area contributed by atoms with Crippen molar-refractivity contribution in [1.82, 2.24) is 4.90 Å². The van der Waals surface area contributed by atoms with Gasteiger partial charge in [0.25, 0.3) is 0 Å². The standard InChI is InChI=1S/C12H26N2O/c1-14(8-9-15-2)11-12(10-13)6-4-3-5-7-12/h3-11,13H2,1-2H3. The molecule has 0 amide bonds. The molecule has 2 N–H and O–H groups in total. The molecule has 1 saturated carbocycles. The van der Waals surface area contributed by atoms with Crippen LogP contribution in [0.1, 0.15) is 32.1 Å². The van der Waals surface area contributed by atoms with E-state index in [1.54, 1.807) is 7.11 Å². The van der Waals surface area contributed by atoms with Gasteiger partial charge in [-0.25, -0.2) is 0 Å². The van der Waals surface area contributed by atoms with Crippen LogP contribution in [0, 0.1) is 5.41 Å². The van der Waals surface area contributed by atoms with Crippen molar-refractivity contribution in [3.05, 3.63) is 0 Å². The van der Waals surface area contributed by atoms with E-state index < -0.39 is 0 Å². The summed E-state index contributed by atoms with van der Waals surface area (Å²) in [6.07, 6.45) is 6.72. The summed E-state index contributed by atoms with van der Waals surface area (Å²) < 4.78 is 5.10. The van der Waals surface area contributed by atoms with Gasteiger partial charge in [0.05, 0.1) is 6.61 Å². The molecular formula is C12H26N2O. The van der Waals surface area contributed by atoms with Gasteiger partial charge in [-0.2, -0.15) is 0 Å². The van der Waals surface area contributed by atoms with E-state index >= 15 is 0 Å². The first-order chi connectivity index (χ1) is 7.22. The highest BCUT2D eigenvalue weighted by molar-refractivity contribution is 4.86. The maximum atomic E-state index is 5.96. The Morgan fingerprint density at radius 3 is 2.47 bits per heavy atom. The summed E-state index contributed by atoms with van der Waals surface area (Å²) in [5.41, 5.74) is 6.35. The van der Waals surface area contributed by atoms with Crippen molar-refractivity contribution in [3.63, 3.8) is 0 Å². The van der Waals surface area contributed by atoms with Gasteiger partial charge >= 0.3 is 0 Å². The third-order valence-corrected chi connectivity index (χ3v) is 3.63. The lowest BCUT2D eigenvalue weighted by Gasteiger charge is -2.39. The van der Waals surface area contributed by atoms with Crippen LogP contribution in [0.4, 0.5) is 0 Å². The van der Waals surface area contributed by atoms with E-state index in [1.807, 2.05) is 0 Å². The lowest BCUT2D eigenvalue weighted by atomic mass is 9.74. The number of ether oxygens (including phenoxy) is 1. The average molecular weight is 214 g/mol. The van der Waals surface area contributed by atoms with Crippen molar-refractivity contribution in [2.45, 2.75) is 32.1 Å². The van der Waals surface area contributed by atoms with Gasteiger partial charge in [-0.15, -0.1) is 0 Å². The van der Waals surface area contributed by atoms with Crippen molar-refractivity contribution in [2.75, 3.05) is 40.4 Å². The molecule has 0 radical (unpaired) electrons. The fraction of sp³-hybridized carbons (Fsp3) is 1.00. The SMILES string of the molecule is COCCN(C)CC1(CN)CCCCC1. The molecule has 0 spiro atoms. The second-order valence-electron chi connectivity index (χ2n) is 5.00. The molecule has 1 aliphatic rings. The van der Waals surface area contributed by atoms with E-state index in [-0.39, 0.29) is 0 Å². The first-order valence-corrected chi connectivity index (χ1v) is 6.10. The van der Waals surface area contributed by atoms with Crippen molar-refractivity contribution in [2.24, 2.45) is 11.1 Å². The van der Waals surface area contributed by atoms with E-state index in [1.165, 1.54) is 32.1 Å².